The van der Waals surface area contributed by atoms with E-state index < -0.39 is 0 Å². The molecule has 0 atom stereocenters. The van der Waals surface area contributed by atoms with Crippen LogP contribution in [0.3, 0.4) is 0 Å². The van der Waals surface area contributed by atoms with Gasteiger partial charge in [-0.15, -0.1) is 17.2 Å². The van der Waals surface area contributed by atoms with Gasteiger partial charge in [0, 0.05) is 39.0 Å². The molecule has 6 heteroatoms. The summed E-state index contributed by atoms with van der Waals surface area (Å²) in [5, 5.41) is 0. The molecule has 0 aromatic rings. The quantitative estimate of drug-likeness (QED) is 0.130. The Morgan fingerprint density at radius 1 is 0.419 bits per heavy atom. The zero-order valence-electron chi connectivity index (χ0n) is 22.5. The van der Waals surface area contributed by atoms with Crippen LogP contribution in [0.1, 0.15) is 69.2 Å². The summed E-state index contributed by atoms with van der Waals surface area (Å²) in [5.74, 6) is 16.9. The molecule has 31 heavy (non-hydrogen) atoms. The molecular formula is C25H47IP2Rh2Se. The number of rotatable bonds is 0. The monoisotopic (exact) mass is 822 g/mol. The minimum Gasteiger partial charge on any atom is 0 e. The molecule has 2 aliphatic rings. The zero-order chi connectivity index (χ0) is 23.9. The molecule has 0 heterocycles. The molecule has 2 saturated carbocycles. The minimum atomic E-state index is 0. The summed E-state index contributed by atoms with van der Waals surface area (Å²) in [4.78, 5) is 0. The molecular weight excluding hydrogens is 774 g/mol. The first-order valence-electron chi connectivity index (χ1n) is 10.1. The summed E-state index contributed by atoms with van der Waals surface area (Å²) in [6.07, 6.45) is 0. The van der Waals surface area contributed by atoms with Gasteiger partial charge < -0.3 is 0 Å². The van der Waals surface area contributed by atoms with Crippen LogP contribution in [-0.4, -0.2) is 38.4 Å². The van der Waals surface area contributed by atoms with Crippen molar-refractivity contribution in [1.82, 2.24) is 0 Å². The van der Waals surface area contributed by atoms with E-state index in [2.05, 4.69) is 122 Å². The summed E-state index contributed by atoms with van der Waals surface area (Å²) in [7, 11) is 2.17. The van der Waals surface area contributed by atoms with Crippen LogP contribution >= 0.6 is 37.5 Å². The Labute approximate surface area is 246 Å². The third-order valence-corrected chi connectivity index (χ3v) is 5.62. The molecule has 0 aliphatic heterocycles. The number of hydrogen-bond acceptors (Lipinski definition) is 0. The van der Waals surface area contributed by atoms with Crippen LogP contribution in [0.2, 0.25) is 5.82 Å². The Kier molecular flexibility index (Phi) is 37.8. The van der Waals surface area contributed by atoms with E-state index in [1.54, 1.807) is 0 Å². The Morgan fingerprint density at radius 2 is 0.452 bits per heavy atom. The summed E-state index contributed by atoms with van der Waals surface area (Å²) in [5.41, 5.74) is 0. The van der Waals surface area contributed by atoms with E-state index >= 15 is 0 Å². The molecule has 0 aromatic heterocycles. The van der Waals surface area contributed by atoms with Gasteiger partial charge in [0.25, 0.3) is 0 Å². The molecule has 0 N–H and O–H groups in total. The van der Waals surface area contributed by atoms with Gasteiger partial charge in [0.1, 0.15) is 0 Å². The molecule has 0 aromatic carbocycles. The van der Waals surface area contributed by atoms with Crippen molar-refractivity contribution in [1.29, 1.82) is 0 Å². The second-order valence-electron chi connectivity index (χ2n) is 7.40. The van der Waals surface area contributed by atoms with Crippen LogP contribution in [0.5, 0.6) is 0 Å². The fourth-order valence-electron chi connectivity index (χ4n) is 2.81. The van der Waals surface area contributed by atoms with Gasteiger partial charge in [-0.3, -0.25) is 0 Å². The topological polar surface area (TPSA) is 0 Å². The predicted octanol–water partition coefficient (Wildman–Crippen LogP) is 8.88. The Bertz CT molecular complexity index is 242. The molecule has 0 saturated heterocycles. The van der Waals surface area contributed by atoms with Crippen LogP contribution in [0.25, 0.3) is 0 Å². The van der Waals surface area contributed by atoms with Crippen molar-refractivity contribution in [2.45, 2.75) is 75.1 Å². The minimum absolute atomic E-state index is 0. The zero-order valence-corrected chi connectivity index (χ0v) is 31.6. The maximum Gasteiger partial charge on any atom is 0 e. The molecule has 12 radical (unpaired) electrons. The fraction of sp³-hybridized carbons (Fsp3) is 0.600. The first-order valence-corrected chi connectivity index (χ1v) is 21.0. The molecule has 0 unspecified atom stereocenters. The van der Waals surface area contributed by atoms with Gasteiger partial charge in [-0.1, -0.05) is 69.2 Å². The van der Waals surface area contributed by atoms with Crippen LogP contribution in [0.4, 0.5) is 0 Å². The SMILES string of the molecule is CPC.CPC.C[C]1[C](C)[C](C)[C](C)[C]1C.C[C]1[C](C)[C](C)[C](C)[C]1C.C[Se]I.[Rh].[Rh]. The Hall–Kier alpha value is 3.36. The van der Waals surface area contributed by atoms with Crippen molar-refractivity contribution in [3.8, 4) is 0 Å². The van der Waals surface area contributed by atoms with Crippen LogP contribution in [0.15, 0.2) is 0 Å². The van der Waals surface area contributed by atoms with Crippen LogP contribution < -0.4 is 0 Å². The molecule has 2 aliphatic carbocycles. The normalized spacial score (nSPS) is 20.1. The molecule has 188 valence electrons. The Balaban J connectivity index is -0.000000101. The van der Waals surface area contributed by atoms with Crippen molar-refractivity contribution < 1.29 is 39.0 Å². The third kappa shape index (κ3) is 17.4. The molecule has 0 amide bonds. The smallest absolute Gasteiger partial charge is 0 e. The van der Waals surface area contributed by atoms with E-state index in [-0.39, 0.29) is 39.0 Å². The van der Waals surface area contributed by atoms with Crippen molar-refractivity contribution in [3.05, 3.63) is 59.2 Å². The fourth-order valence-corrected chi connectivity index (χ4v) is 2.81. The molecule has 0 nitrogen and oxygen atoms in total. The van der Waals surface area contributed by atoms with Crippen molar-refractivity contribution in [2.75, 3.05) is 26.7 Å². The number of hydrogen-bond donors (Lipinski definition) is 0. The first kappa shape index (κ1) is 44.4. The van der Waals surface area contributed by atoms with E-state index in [1.165, 1.54) is 59.2 Å². The second kappa shape index (κ2) is 26.4. The van der Waals surface area contributed by atoms with Gasteiger partial charge in [0.05, 0.1) is 0 Å². The third-order valence-electron chi connectivity index (χ3n) is 5.62. The molecule has 0 spiro atoms. The van der Waals surface area contributed by atoms with E-state index in [1.807, 2.05) is 0 Å². The van der Waals surface area contributed by atoms with E-state index in [4.69, 9.17) is 0 Å². The summed E-state index contributed by atoms with van der Waals surface area (Å²) >= 11 is 3.20. The average molecular weight is 821 g/mol. The second-order valence-corrected chi connectivity index (χ2v) is 14.6. The summed E-state index contributed by atoms with van der Waals surface area (Å²) in [6.45, 7) is 30.6. The first-order chi connectivity index (χ1) is 13.3. The van der Waals surface area contributed by atoms with E-state index in [0.29, 0.717) is 0 Å². The van der Waals surface area contributed by atoms with Crippen LogP contribution in [-0.2, 0) is 39.0 Å². The van der Waals surface area contributed by atoms with Crippen LogP contribution in [0, 0.1) is 59.2 Å². The van der Waals surface area contributed by atoms with Gasteiger partial charge in [0.15, 0.2) is 0 Å². The summed E-state index contributed by atoms with van der Waals surface area (Å²) in [6, 6.07) is 0. The van der Waals surface area contributed by atoms with Crippen molar-refractivity contribution in [3.63, 3.8) is 0 Å². The number of halogens is 1. The Morgan fingerprint density at radius 3 is 0.484 bits per heavy atom. The van der Waals surface area contributed by atoms with Gasteiger partial charge >= 0.3 is 37.9 Å². The predicted molar refractivity (Wildman–Crippen MR) is 155 cm³/mol. The van der Waals surface area contributed by atoms with Crippen molar-refractivity contribution >= 4 is 49.2 Å². The molecule has 2 rings (SSSR count). The maximum atomic E-state index is 2.35. The maximum absolute atomic E-state index is 2.35. The van der Waals surface area contributed by atoms with Gasteiger partial charge in [-0.05, 0) is 85.8 Å². The molecule has 0 bridgehead atoms. The van der Waals surface area contributed by atoms with Gasteiger partial charge in [-0.2, -0.15) is 0 Å². The standard InChI is InChI=1S/2C10H15.2C2H7P.CH3ISe.2Rh/c2*1-6-7(2)9(4)10(5)8(6)3;3*1-3-2;;/h2*1-5H3;2*3H,1-2H3;1H3;;. The summed E-state index contributed by atoms with van der Waals surface area (Å²) < 4.78 is 0. The van der Waals surface area contributed by atoms with E-state index in [0.717, 1.165) is 28.9 Å². The average Bonchev–Trinajstić information content (AvgIpc) is 2.94. The molecule has 2 fully saturated rings. The van der Waals surface area contributed by atoms with Crippen molar-refractivity contribution in [2.24, 2.45) is 0 Å². The van der Waals surface area contributed by atoms with E-state index in [9.17, 15) is 0 Å². The largest absolute Gasteiger partial charge is 0 e. The van der Waals surface area contributed by atoms with Gasteiger partial charge in [-0.25, -0.2) is 0 Å². The van der Waals surface area contributed by atoms with Gasteiger partial charge in [0.2, 0.25) is 0 Å².